The minimum Gasteiger partial charge on any atom is -0.349 e. The molecule has 0 bridgehead atoms. The Hall–Kier alpha value is -3.44. The van der Waals surface area contributed by atoms with Crippen LogP contribution in [0.15, 0.2) is 46.2 Å². The summed E-state index contributed by atoms with van der Waals surface area (Å²) in [6, 6.07) is 7.76. The number of aromatic nitrogens is 4. The third kappa shape index (κ3) is 2.01. The molecule has 0 spiro atoms. The summed E-state index contributed by atoms with van der Waals surface area (Å²) in [5.41, 5.74) is 5.67. The van der Waals surface area contributed by atoms with E-state index >= 15 is 0 Å². The fourth-order valence-corrected chi connectivity index (χ4v) is 4.33. The fraction of sp³-hybridized carbons (Fsp3) is 0.111. The molecule has 0 radical (unpaired) electrons. The van der Waals surface area contributed by atoms with Crippen molar-refractivity contribution in [1.82, 2.24) is 20.5 Å². The molecular weight excluding hydrogens is 348 g/mol. The largest absolute Gasteiger partial charge is 0.349 e. The van der Waals surface area contributed by atoms with Crippen LogP contribution in [0.5, 0.6) is 0 Å². The summed E-state index contributed by atoms with van der Waals surface area (Å²) in [6.45, 7) is 9.93. The molecule has 0 fully saturated rings. The number of aromatic amines is 1. The van der Waals surface area contributed by atoms with Gasteiger partial charge in [0.25, 0.3) is 0 Å². The number of anilines is 1. The van der Waals surface area contributed by atoms with Gasteiger partial charge >= 0.3 is 0 Å². The number of thiophene rings is 1. The van der Waals surface area contributed by atoms with Crippen molar-refractivity contribution in [2.75, 3.05) is 5.32 Å². The molecule has 1 unspecified atom stereocenters. The Morgan fingerprint density at radius 3 is 2.96 bits per heavy atom. The summed E-state index contributed by atoms with van der Waals surface area (Å²) in [5, 5.41) is 20.6. The van der Waals surface area contributed by atoms with E-state index in [1.807, 2.05) is 30.5 Å². The molecule has 7 nitrogen and oxygen atoms in total. The first-order valence-electron chi connectivity index (χ1n) is 7.95. The van der Waals surface area contributed by atoms with E-state index in [1.165, 1.54) is 0 Å². The van der Waals surface area contributed by atoms with Gasteiger partial charge in [-0.05, 0) is 45.9 Å². The van der Waals surface area contributed by atoms with Crippen LogP contribution in [0, 0.1) is 13.5 Å². The SMILES string of the molecule is [C-]#[N+]C1=C(c2sccc2C)Nc2[nH]ncc2C1c1cccc2nonc12. The van der Waals surface area contributed by atoms with Gasteiger partial charge in [-0.3, -0.25) is 5.10 Å². The third-order valence-electron chi connectivity index (χ3n) is 4.60. The summed E-state index contributed by atoms with van der Waals surface area (Å²) in [6.07, 6.45) is 1.75. The summed E-state index contributed by atoms with van der Waals surface area (Å²) >= 11 is 1.61. The fourth-order valence-electron chi connectivity index (χ4n) is 3.39. The van der Waals surface area contributed by atoms with Crippen molar-refractivity contribution in [1.29, 1.82) is 0 Å². The first-order chi connectivity index (χ1) is 12.8. The zero-order valence-corrected chi connectivity index (χ0v) is 14.5. The molecule has 4 aromatic rings. The average Bonchev–Trinajstić information content (AvgIpc) is 3.39. The Balaban J connectivity index is 1.82. The normalized spacial score (nSPS) is 16.4. The highest BCUT2D eigenvalue weighted by molar-refractivity contribution is 7.11. The minimum atomic E-state index is -0.297. The Kier molecular flexibility index (Phi) is 3.17. The van der Waals surface area contributed by atoms with E-state index in [0.717, 1.165) is 33.1 Å². The Bertz CT molecular complexity index is 1210. The van der Waals surface area contributed by atoms with Gasteiger partial charge in [0.05, 0.1) is 24.4 Å². The molecule has 0 amide bonds. The van der Waals surface area contributed by atoms with Crippen molar-refractivity contribution >= 4 is 33.9 Å². The van der Waals surface area contributed by atoms with Gasteiger partial charge in [0.1, 0.15) is 16.9 Å². The molecule has 8 heteroatoms. The molecule has 126 valence electrons. The maximum absolute atomic E-state index is 7.89. The molecule has 1 atom stereocenters. The number of rotatable bonds is 2. The highest BCUT2D eigenvalue weighted by atomic mass is 32.1. The lowest BCUT2D eigenvalue weighted by molar-refractivity contribution is 0.315. The smallest absolute Gasteiger partial charge is 0.201 e. The third-order valence-corrected chi connectivity index (χ3v) is 5.63. The quantitative estimate of drug-likeness (QED) is 0.524. The number of allylic oxidation sites excluding steroid dienone is 1. The monoisotopic (exact) mass is 360 g/mol. The maximum atomic E-state index is 7.89. The molecule has 0 aliphatic carbocycles. The first-order valence-corrected chi connectivity index (χ1v) is 8.83. The molecule has 5 rings (SSSR count). The lowest BCUT2D eigenvalue weighted by atomic mass is 9.85. The van der Waals surface area contributed by atoms with Gasteiger partial charge in [0.15, 0.2) is 0 Å². The van der Waals surface area contributed by atoms with Crippen LogP contribution < -0.4 is 5.32 Å². The van der Waals surface area contributed by atoms with Gasteiger partial charge in [0, 0.05) is 10.4 Å². The van der Waals surface area contributed by atoms with Crippen molar-refractivity contribution in [2.24, 2.45) is 0 Å². The second-order valence-corrected chi connectivity index (χ2v) is 6.96. The van der Waals surface area contributed by atoms with Gasteiger partial charge in [-0.2, -0.15) is 5.10 Å². The van der Waals surface area contributed by atoms with Gasteiger partial charge in [0.2, 0.25) is 5.70 Å². The van der Waals surface area contributed by atoms with Crippen LogP contribution >= 0.6 is 11.3 Å². The number of nitrogens with one attached hydrogen (secondary N) is 2. The van der Waals surface area contributed by atoms with Crippen molar-refractivity contribution in [3.63, 3.8) is 0 Å². The molecule has 0 saturated heterocycles. The van der Waals surface area contributed by atoms with E-state index < -0.39 is 0 Å². The van der Waals surface area contributed by atoms with Crippen LogP contribution in [-0.2, 0) is 0 Å². The number of benzene rings is 1. The number of fused-ring (bicyclic) bond motifs is 2. The summed E-state index contributed by atoms with van der Waals surface area (Å²) in [4.78, 5) is 4.95. The van der Waals surface area contributed by atoms with Crippen molar-refractivity contribution in [3.05, 3.63) is 74.5 Å². The molecule has 0 saturated carbocycles. The van der Waals surface area contributed by atoms with Gasteiger partial charge < -0.3 is 5.32 Å². The second kappa shape index (κ2) is 5.54. The first kappa shape index (κ1) is 14.9. The van der Waals surface area contributed by atoms with Crippen molar-refractivity contribution < 1.29 is 4.63 Å². The van der Waals surface area contributed by atoms with Crippen molar-refractivity contribution in [3.8, 4) is 0 Å². The predicted molar refractivity (Wildman–Crippen MR) is 98.4 cm³/mol. The topological polar surface area (TPSA) is 84.0 Å². The summed E-state index contributed by atoms with van der Waals surface area (Å²) in [7, 11) is 0. The van der Waals surface area contributed by atoms with E-state index in [2.05, 4.69) is 36.7 Å². The summed E-state index contributed by atoms with van der Waals surface area (Å²) < 4.78 is 4.92. The van der Waals surface area contributed by atoms with E-state index in [0.29, 0.717) is 16.7 Å². The number of hydrogen-bond donors (Lipinski definition) is 2. The van der Waals surface area contributed by atoms with E-state index in [9.17, 15) is 0 Å². The lowest BCUT2D eigenvalue weighted by Gasteiger charge is -2.26. The second-order valence-electron chi connectivity index (χ2n) is 6.04. The van der Waals surface area contributed by atoms with Crippen LogP contribution in [0.25, 0.3) is 21.6 Å². The Morgan fingerprint density at radius 1 is 1.23 bits per heavy atom. The molecule has 3 aromatic heterocycles. The molecule has 26 heavy (non-hydrogen) atoms. The molecule has 1 aromatic carbocycles. The van der Waals surface area contributed by atoms with Crippen LogP contribution in [0.2, 0.25) is 0 Å². The predicted octanol–water partition coefficient (Wildman–Crippen LogP) is 4.16. The zero-order chi connectivity index (χ0) is 17.7. The van der Waals surface area contributed by atoms with Crippen LogP contribution in [-0.4, -0.2) is 20.5 Å². The highest BCUT2D eigenvalue weighted by Gasteiger charge is 2.34. The van der Waals surface area contributed by atoms with Gasteiger partial charge in [-0.1, -0.05) is 12.1 Å². The average molecular weight is 360 g/mol. The van der Waals surface area contributed by atoms with Gasteiger partial charge in [-0.25, -0.2) is 9.47 Å². The molecule has 4 heterocycles. The highest BCUT2D eigenvalue weighted by Crippen LogP contribution is 2.46. The molecule has 1 aliphatic heterocycles. The number of H-pyrrole nitrogens is 1. The minimum absolute atomic E-state index is 0.297. The lowest BCUT2D eigenvalue weighted by Crippen LogP contribution is -2.16. The Morgan fingerprint density at radius 2 is 2.15 bits per heavy atom. The number of hydrogen-bond acceptors (Lipinski definition) is 6. The summed E-state index contributed by atoms with van der Waals surface area (Å²) in [5.74, 6) is 0.494. The van der Waals surface area contributed by atoms with E-state index in [4.69, 9.17) is 11.2 Å². The molecule has 2 N–H and O–H groups in total. The van der Waals surface area contributed by atoms with Crippen LogP contribution in [0.3, 0.4) is 0 Å². The maximum Gasteiger partial charge on any atom is 0.201 e. The van der Waals surface area contributed by atoms with E-state index in [1.54, 1.807) is 17.5 Å². The zero-order valence-electron chi connectivity index (χ0n) is 13.6. The van der Waals surface area contributed by atoms with Crippen LogP contribution in [0.4, 0.5) is 5.82 Å². The van der Waals surface area contributed by atoms with E-state index in [-0.39, 0.29) is 5.92 Å². The molecule has 1 aliphatic rings. The van der Waals surface area contributed by atoms with Crippen LogP contribution in [0.1, 0.15) is 27.5 Å². The van der Waals surface area contributed by atoms with Gasteiger partial charge in [-0.15, -0.1) is 11.3 Å². The number of aryl methyl sites for hydroxylation is 1. The molecular formula is C18H12N6OS. The Labute approximate surface area is 152 Å². The van der Waals surface area contributed by atoms with Crippen molar-refractivity contribution in [2.45, 2.75) is 12.8 Å². The number of nitrogens with zero attached hydrogens (tertiary/aromatic N) is 4. The standard InChI is InChI=1S/C18H12N6OS/c1-9-6-7-26-17(9)16-15(19-2)13(11-8-20-22-18(11)21-16)10-4-3-5-12-14(10)24-25-23-12/h3-8,13H,1H3,(H2,20,21,22).